The highest BCUT2D eigenvalue weighted by atomic mass is 32.2. The molecule has 1 amide bonds. The van der Waals surface area contributed by atoms with Crippen LogP contribution in [0.4, 0.5) is 0 Å². The van der Waals surface area contributed by atoms with E-state index in [2.05, 4.69) is 22.5 Å². The lowest BCUT2D eigenvalue weighted by Gasteiger charge is -2.22. The maximum Gasteiger partial charge on any atom is 0.221 e. The van der Waals surface area contributed by atoms with Gasteiger partial charge in [0.1, 0.15) is 0 Å². The van der Waals surface area contributed by atoms with E-state index in [9.17, 15) is 4.79 Å². The average molecular weight is 299 g/mol. The minimum atomic E-state index is 0.146. The molecule has 4 nitrogen and oxygen atoms in total. The number of nitrogens with zero attached hydrogens (tertiary/aromatic N) is 1. The van der Waals surface area contributed by atoms with E-state index in [-0.39, 0.29) is 5.91 Å². The maximum atomic E-state index is 11.8. The Labute approximate surface area is 122 Å². The van der Waals surface area contributed by atoms with E-state index >= 15 is 0 Å². The fourth-order valence-corrected chi connectivity index (χ4v) is 3.79. The van der Waals surface area contributed by atoms with Crippen molar-refractivity contribution in [3.8, 4) is 0 Å². The molecule has 1 unspecified atom stereocenters. The van der Waals surface area contributed by atoms with Gasteiger partial charge in [0, 0.05) is 54.6 Å². The van der Waals surface area contributed by atoms with Gasteiger partial charge in [-0.15, -0.1) is 11.3 Å². The first-order valence-electron chi connectivity index (χ1n) is 6.79. The molecule has 0 saturated carbocycles. The normalized spacial score (nSPS) is 19.3. The zero-order chi connectivity index (χ0) is 13.5. The zero-order valence-corrected chi connectivity index (χ0v) is 12.9. The Morgan fingerprint density at radius 2 is 2.53 bits per heavy atom. The number of aromatic nitrogens is 1. The third-order valence-electron chi connectivity index (χ3n) is 3.04. The zero-order valence-electron chi connectivity index (χ0n) is 11.3. The average Bonchev–Trinajstić information content (AvgIpc) is 2.88. The van der Waals surface area contributed by atoms with Crippen LogP contribution < -0.4 is 10.6 Å². The van der Waals surface area contributed by atoms with Crippen molar-refractivity contribution in [1.82, 2.24) is 15.6 Å². The van der Waals surface area contributed by atoms with E-state index in [1.807, 2.05) is 18.0 Å². The quantitative estimate of drug-likeness (QED) is 0.835. The topological polar surface area (TPSA) is 54.0 Å². The van der Waals surface area contributed by atoms with Crippen LogP contribution in [0.2, 0.25) is 0 Å². The van der Waals surface area contributed by atoms with Crippen molar-refractivity contribution in [3.05, 3.63) is 16.1 Å². The second-order valence-electron chi connectivity index (χ2n) is 4.60. The van der Waals surface area contributed by atoms with Gasteiger partial charge in [-0.3, -0.25) is 4.79 Å². The van der Waals surface area contributed by atoms with E-state index in [1.54, 1.807) is 11.3 Å². The fourth-order valence-electron chi connectivity index (χ4n) is 1.98. The fraction of sp³-hybridized carbons (Fsp3) is 0.692. The Hall–Kier alpha value is -0.590. The molecule has 0 bridgehead atoms. The van der Waals surface area contributed by atoms with Crippen LogP contribution in [-0.2, 0) is 17.6 Å². The van der Waals surface area contributed by atoms with Crippen LogP contribution in [0, 0.1) is 0 Å². The van der Waals surface area contributed by atoms with Crippen molar-refractivity contribution >= 4 is 29.0 Å². The van der Waals surface area contributed by atoms with Gasteiger partial charge in [-0.1, -0.05) is 6.92 Å². The summed E-state index contributed by atoms with van der Waals surface area (Å²) >= 11 is 3.66. The molecule has 1 fully saturated rings. The molecule has 1 atom stereocenters. The number of rotatable bonds is 6. The van der Waals surface area contributed by atoms with Crippen LogP contribution in [0.25, 0.3) is 0 Å². The van der Waals surface area contributed by atoms with E-state index in [0.717, 1.165) is 35.9 Å². The molecule has 106 valence electrons. The highest BCUT2D eigenvalue weighted by Gasteiger charge is 2.16. The van der Waals surface area contributed by atoms with E-state index in [0.29, 0.717) is 19.0 Å². The smallest absolute Gasteiger partial charge is 0.221 e. The SMILES string of the molecule is CCc1cnc(CCNC(=O)CC2CSCCN2)s1. The molecule has 0 aliphatic carbocycles. The molecule has 19 heavy (non-hydrogen) atoms. The van der Waals surface area contributed by atoms with Crippen molar-refractivity contribution in [2.24, 2.45) is 0 Å². The predicted molar refractivity (Wildman–Crippen MR) is 81.9 cm³/mol. The number of carbonyl (C=O) groups excluding carboxylic acids is 1. The number of amides is 1. The van der Waals surface area contributed by atoms with Crippen molar-refractivity contribution in [3.63, 3.8) is 0 Å². The molecule has 1 aromatic heterocycles. The lowest BCUT2D eigenvalue weighted by atomic mass is 10.2. The maximum absolute atomic E-state index is 11.8. The van der Waals surface area contributed by atoms with Gasteiger partial charge in [-0.2, -0.15) is 11.8 Å². The molecule has 2 rings (SSSR count). The Bertz CT molecular complexity index is 402. The minimum absolute atomic E-state index is 0.146. The van der Waals surface area contributed by atoms with Crippen LogP contribution in [0.5, 0.6) is 0 Å². The number of thioether (sulfide) groups is 1. The third kappa shape index (κ3) is 5.12. The molecular formula is C13H21N3OS2. The van der Waals surface area contributed by atoms with Gasteiger partial charge in [0.25, 0.3) is 0 Å². The van der Waals surface area contributed by atoms with Gasteiger partial charge >= 0.3 is 0 Å². The van der Waals surface area contributed by atoms with Crippen LogP contribution in [0.1, 0.15) is 23.2 Å². The lowest BCUT2D eigenvalue weighted by Crippen LogP contribution is -2.41. The number of hydrogen-bond donors (Lipinski definition) is 2. The van der Waals surface area contributed by atoms with Crippen LogP contribution >= 0.6 is 23.1 Å². The molecule has 0 radical (unpaired) electrons. The van der Waals surface area contributed by atoms with Gasteiger partial charge < -0.3 is 10.6 Å². The van der Waals surface area contributed by atoms with Crippen molar-refractivity contribution < 1.29 is 4.79 Å². The Balaban J connectivity index is 1.63. The van der Waals surface area contributed by atoms with Crippen LogP contribution in [0.15, 0.2) is 6.20 Å². The summed E-state index contributed by atoms with van der Waals surface area (Å²) in [6, 6.07) is 0.338. The Kier molecular flexibility index (Phi) is 6.13. The minimum Gasteiger partial charge on any atom is -0.356 e. The van der Waals surface area contributed by atoms with Crippen LogP contribution in [-0.4, -0.2) is 41.5 Å². The van der Waals surface area contributed by atoms with Gasteiger partial charge in [0.2, 0.25) is 5.91 Å². The highest BCUT2D eigenvalue weighted by Crippen LogP contribution is 2.13. The summed E-state index contributed by atoms with van der Waals surface area (Å²) in [7, 11) is 0. The van der Waals surface area contributed by atoms with E-state index in [1.165, 1.54) is 4.88 Å². The van der Waals surface area contributed by atoms with E-state index < -0.39 is 0 Å². The number of aryl methyl sites for hydroxylation is 1. The molecule has 1 aliphatic rings. The summed E-state index contributed by atoms with van der Waals surface area (Å²) in [5.41, 5.74) is 0. The summed E-state index contributed by atoms with van der Waals surface area (Å²) in [5.74, 6) is 2.34. The molecule has 1 aromatic rings. The third-order valence-corrected chi connectivity index (χ3v) is 5.37. The number of thiazole rings is 1. The second-order valence-corrected chi connectivity index (χ2v) is 6.95. The summed E-state index contributed by atoms with van der Waals surface area (Å²) in [4.78, 5) is 17.4. The monoisotopic (exact) mass is 299 g/mol. The molecule has 0 spiro atoms. The highest BCUT2D eigenvalue weighted by molar-refractivity contribution is 7.99. The predicted octanol–water partition coefficient (Wildman–Crippen LogP) is 1.46. The van der Waals surface area contributed by atoms with Crippen molar-refractivity contribution in [2.75, 3.05) is 24.6 Å². The number of nitrogens with one attached hydrogen (secondary N) is 2. The Morgan fingerprint density at radius 3 is 3.21 bits per heavy atom. The first-order chi connectivity index (χ1) is 9.28. The molecular weight excluding hydrogens is 278 g/mol. The second kappa shape index (κ2) is 7.87. The van der Waals surface area contributed by atoms with Gasteiger partial charge in [-0.25, -0.2) is 4.98 Å². The summed E-state index contributed by atoms with van der Waals surface area (Å²) in [6.07, 6.45) is 4.40. The molecule has 0 aromatic carbocycles. The Morgan fingerprint density at radius 1 is 1.63 bits per heavy atom. The van der Waals surface area contributed by atoms with Gasteiger partial charge in [0.05, 0.1) is 5.01 Å². The lowest BCUT2D eigenvalue weighted by molar-refractivity contribution is -0.121. The van der Waals surface area contributed by atoms with Crippen molar-refractivity contribution in [2.45, 2.75) is 32.2 Å². The first-order valence-corrected chi connectivity index (χ1v) is 8.76. The molecule has 1 aliphatic heterocycles. The molecule has 2 heterocycles. The van der Waals surface area contributed by atoms with E-state index in [4.69, 9.17) is 0 Å². The molecule has 2 N–H and O–H groups in total. The van der Waals surface area contributed by atoms with Crippen molar-refractivity contribution in [1.29, 1.82) is 0 Å². The largest absolute Gasteiger partial charge is 0.356 e. The summed E-state index contributed by atoms with van der Waals surface area (Å²) < 4.78 is 0. The standard InChI is InChI=1S/C13H21N3OS2/c1-2-11-8-16-13(19-11)3-4-15-12(17)7-10-9-18-6-5-14-10/h8,10,14H,2-7,9H2,1H3,(H,15,17). The van der Waals surface area contributed by atoms with Gasteiger partial charge in [0.15, 0.2) is 0 Å². The van der Waals surface area contributed by atoms with Crippen LogP contribution in [0.3, 0.4) is 0 Å². The number of carbonyl (C=O) groups is 1. The molecule has 1 saturated heterocycles. The number of hydrogen-bond acceptors (Lipinski definition) is 5. The van der Waals surface area contributed by atoms with Gasteiger partial charge in [-0.05, 0) is 6.42 Å². The molecule has 6 heteroatoms. The summed E-state index contributed by atoms with van der Waals surface area (Å²) in [6.45, 7) is 3.84. The summed E-state index contributed by atoms with van der Waals surface area (Å²) in [5, 5.41) is 7.48. The first kappa shape index (κ1) is 14.8.